The van der Waals surface area contributed by atoms with Crippen LogP contribution < -0.4 is 36.6 Å². The fourth-order valence-electron chi connectivity index (χ4n) is 6.60. The summed E-state index contributed by atoms with van der Waals surface area (Å²) in [4.78, 5) is 43.9. The highest BCUT2D eigenvalue weighted by Gasteiger charge is 2.29. The van der Waals surface area contributed by atoms with E-state index in [9.17, 15) is 14.4 Å². The molecule has 238 valence electrons. The van der Waals surface area contributed by atoms with Crippen LogP contribution in [0.1, 0.15) is 57.9 Å². The molecule has 0 saturated carbocycles. The molecule has 1 amide bonds. The zero-order valence-electron chi connectivity index (χ0n) is 26.5. The fourth-order valence-corrected chi connectivity index (χ4v) is 6.60. The molecule has 9 nitrogen and oxygen atoms in total. The Morgan fingerprint density at radius 2 is 1.59 bits per heavy atom. The molecule has 0 radical (unpaired) electrons. The summed E-state index contributed by atoms with van der Waals surface area (Å²) in [5.41, 5.74) is 4.08. The molecule has 0 bridgehead atoms. The molecule has 2 aliphatic rings. The maximum absolute atomic E-state index is 13.4. The first kappa shape index (κ1) is 31.1. The average Bonchev–Trinajstić information content (AvgIpc) is 3.09. The van der Waals surface area contributed by atoms with Crippen LogP contribution in [-0.2, 0) is 13.5 Å². The number of hydrogen-bond donors (Lipinski definition) is 2. The number of likely N-dealkylation sites (tertiary alicyclic amines) is 1. The smallest absolute Gasteiger partial charge is 0.274 e. The first-order valence-corrected chi connectivity index (χ1v) is 15.8. The van der Waals surface area contributed by atoms with E-state index in [2.05, 4.69) is 22.4 Å². The van der Waals surface area contributed by atoms with E-state index in [0.717, 1.165) is 54.9 Å². The molecule has 3 aromatic carbocycles. The van der Waals surface area contributed by atoms with Gasteiger partial charge in [0, 0.05) is 31.7 Å². The number of aromatic nitrogens is 2. The molecule has 1 saturated heterocycles. The molecule has 9 heteroatoms. The van der Waals surface area contributed by atoms with Crippen molar-refractivity contribution in [3.63, 3.8) is 0 Å². The molecule has 0 spiro atoms. The number of fused-ring (bicyclic) bond motifs is 1. The van der Waals surface area contributed by atoms with Crippen molar-refractivity contribution in [1.82, 2.24) is 19.8 Å². The number of nitrogens with zero attached hydrogens (tertiary/aromatic N) is 2. The van der Waals surface area contributed by atoms with Crippen molar-refractivity contribution in [2.75, 3.05) is 33.9 Å². The van der Waals surface area contributed by atoms with E-state index in [0.29, 0.717) is 24.6 Å². The summed E-state index contributed by atoms with van der Waals surface area (Å²) >= 11 is 0. The van der Waals surface area contributed by atoms with Gasteiger partial charge in [0.15, 0.2) is 11.5 Å². The average molecular weight is 621 g/mol. The minimum absolute atomic E-state index is 0.00749. The van der Waals surface area contributed by atoms with Gasteiger partial charge in [0.1, 0.15) is 10.7 Å². The number of H-pyrrole nitrogens is 1. The van der Waals surface area contributed by atoms with Gasteiger partial charge in [0.25, 0.3) is 17.0 Å². The third-order valence-corrected chi connectivity index (χ3v) is 9.23. The number of amides is 1. The third-order valence-electron chi connectivity index (χ3n) is 9.23. The Morgan fingerprint density at radius 3 is 2.28 bits per heavy atom. The van der Waals surface area contributed by atoms with Gasteiger partial charge in [0.05, 0.1) is 14.2 Å². The van der Waals surface area contributed by atoms with Crippen molar-refractivity contribution in [2.24, 2.45) is 13.0 Å². The molecule has 1 unspecified atom stereocenters. The highest BCUT2D eigenvalue weighted by Crippen LogP contribution is 2.38. The molecule has 2 aliphatic heterocycles. The van der Waals surface area contributed by atoms with Gasteiger partial charge in [0.2, 0.25) is 0 Å². The zero-order chi connectivity index (χ0) is 32.2. The van der Waals surface area contributed by atoms with E-state index in [1.54, 1.807) is 57.7 Å². The van der Waals surface area contributed by atoms with Crippen LogP contribution in [-0.4, -0.2) is 54.2 Å². The van der Waals surface area contributed by atoms with Crippen molar-refractivity contribution >= 4 is 18.1 Å². The number of aromatic amines is 1. The lowest BCUT2D eigenvalue weighted by Crippen LogP contribution is -2.52. The maximum atomic E-state index is 13.4. The summed E-state index contributed by atoms with van der Waals surface area (Å²) in [5.74, 6) is 2.04. The number of methoxy groups -OCH3 is 2. The Kier molecular flexibility index (Phi) is 9.21. The predicted molar refractivity (Wildman–Crippen MR) is 179 cm³/mol. The number of ether oxygens (including phenoxy) is 2. The van der Waals surface area contributed by atoms with Crippen LogP contribution in [0.5, 0.6) is 11.5 Å². The predicted octanol–water partition coefficient (Wildman–Crippen LogP) is 2.88. The first-order chi connectivity index (χ1) is 22.3. The largest absolute Gasteiger partial charge is 0.493 e. The quantitative estimate of drug-likeness (QED) is 0.329. The summed E-state index contributed by atoms with van der Waals surface area (Å²) < 4.78 is 12.4. The third kappa shape index (κ3) is 6.55. The molecule has 1 aromatic heterocycles. The number of piperidine rings is 1. The van der Waals surface area contributed by atoms with Crippen LogP contribution in [0.25, 0.3) is 12.2 Å². The van der Waals surface area contributed by atoms with E-state index in [1.807, 2.05) is 35.2 Å². The van der Waals surface area contributed by atoms with Gasteiger partial charge in [-0.05, 0) is 96.8 Å². The maximum Gasteiger partial charge on any atom is 0.274 e. The lowest BCUT2D eigenvalue weighted by atomic mass is 9.84. The second-order valence-corrected chi connectivity index (χ2v) is 12.1. The molecule has 3 heterocycles. The van der Waals surface area contributed by atoms with Crippen molar-refractivity contribution in [2.45, 2.75) is 31.7 Å². The second kappa shape index (κ2) is 13.6. The molecule has 2 N–H and O–H groups in total. The molecule has 0 aliphatic carbocycles. The van der Waals surface area contributed by atoms with Crippen LogP contribution in [0, 0.1) is 5.92 Å². The topological polar surface area (TPSA) is 106 Å². The summed E-state index contributed by atoms with van der Waals surface area (Å²) in [6.07, 6.45) is 7.21. The van der Waals surface area contributed by atoms with Crippen LogP contribution in [0.3, 0.4) is 0 Å². The molecule has 1 fully saturated rings. The van der Waals surface area contributed by atoms with Gasteiger partial charge in [-0.1, -0.05) is 42.5 Å². The summed E-state index contributed by atoms with van der Waals surface area (Å²) in [6.45, 7) is 2.36. The standard InChI is InChI=1S/C37H40N4O5/c1-40-32(21-24-7-5-4-6-8-24)35(42)39-31(37(40)44)20-25-9-11-27(12-10-25)36(43)41-17-14-26(15-18-41)19-30-29-23-34(46-3)33(45-2)22-28(29)13-16-38-30/h4-12,20-23,26,30,38H,13-19H2,1-3H3,(H,39,42). The SMILES string of the molecule is COc1cc2c(cc1OC)C(CC1CCN(C(=O)c3ccc(C=c4[nH]c(=O)c(=Cc5ccccc5)n(C)c4=O)cc3)CC1)NCC2. The molecule has 6 rings (SSSR count). The number of nitrogens with one attached hydrogen (secondary N) is 2. The Hall–Kier alpha value is -4.89. The molecular formula is C37H40N4O5. The van der Waals surface area contributed by atoms with E-state index in [4.69, 9.17) is 9.47 Å². The van der Waals surface area contributed by atoms with Crippen LogP contribution >= 0.6 is 0 Å². The minimum atomic E-state index is -0.351. The van der Waals surface area contributed by atoms with Crippen molar-refractivity contribution in [1.29, 1.82) is 0 Å². The van der Waals surface area contributed by atoms with Crippen LogP contribution in [0.15, 0.2) is 76.3 Å². The van der Waals surface area contributed by atoms with Crippen molar-refractivity contribution < 1.29 is 14.3 Å². The molecular weight excluding hydrogens is 580 g/mol. The van der Waals surface area contributed by atoms with Crippen molar-refractivity contribution in [3.8, 4) is 11.5 Å². The highest BCUT2D eigenvalue weighted by molar-refractivity contribution is 5.94. The van der Waals surface area contributed by atoms with E-state index in [-0.39, 0.29) is 33.8 Å². The monoisotopic (exact) mass is 620 g/mol. The first-order valence-electron chi connectivity index (χ1n) is 15.8. The van der Waals surface area contributed by atoms with E-state index >= 15 is 0 Å². The number of benzene rings is 3. The van der Waals surface area contributed by atoms with Crippen molar-refractivity contribution in [3.05, 3.63) is 126 Å². The summed E-state index contributed by atoms with van der Waals surface area (Å²) in [5, 5.41) is 4.16. The van der Waals surface area contributed by atoms with Gasteiger partial charge >= 0.3 is 0 Å². The van der Waals surface area contributed by atoms with Gasteiger partial charge in [-0.25, -0.2) is 0 Å². The Labute approximate surface area is 267 Å². The second-order valence-electron chi connectivity index (χ2n) is 12.1. The summed E-state index contributed by atoms with van der Waals surface area (Å²) in [7, 11) is 4.93. The Bertz CT molecular complexity index is 1960. The fraction of sp³-hybridized carbons (Fsp3) is 0.324. The van der Waals surface area contributed by atoms with Gasteiger partial charge in [-0.15, -0.1) is 0 Å². The van der Waals surface area contributed by atoms with E-state index in [1.165, 1.54) is 15.7 Å². The summed E-state index contributed by atoms with van der Waals surface area (Å²) in [6, 6.07) is 21.0. The van der Waals surface area contributed by atoms with Gasteiger partial charge in [-0.3, -0.25) is 14.4 Å². The van der Waals surface area contributed by atoms with Gasteiger partial charge < -0.3 is 29.2 Å². The number of carbonyl (C=O) groups excluding carboxylic acids is 1. The molecule has 4 aromatic rings. The lowest BCUT2D eigenvalue weighted by molar-refractivity contribution is 0.0681. The normalized spacial score (nSPS) is 17.5. The minimum Gasteiger partial charge on any atom is -0.493 e. The zero-order valence-corrected chi connectivity index (χ0v) is 26.5. The van der Waals surface area contributed by atoms with Gasteiger partial charge in [-0.2, -0.15) is 0 Å². The Morgan fingerprint density at radius 1 is 0.913 bits per heavy atom. The molecule has 46 heavy (non-hydrogen) atoms. The highest BCUT2D eigenvalue weighted by atomic mass is 16.5. The van der Waals surface area contributed by atoms with E-state index < -0.39 is 0 Å². The number of carbonyl (C=O) groups is 1. The number of hydrogen-bond acceptors (Lipinski definition) is 6. The number of rotatable bonds is 7. The van der Waals surface area contributed by atoms with Crippen LogP contribution in [0.4, 0.5) is 0 Å². The Balaban J connectivity index is 1.10. The lowest BCUT2D eigenvalue weighted by Gasteiger charge is -2.36. The van der Waals surface area contributed by atoms with Crippen LogP contribution in [0.2, 0.25) is 0 Å². The molecule has 1 atom stereocenters.